The lowest BCUT2D eigenvalue weighted by Crippen LogP contribution is -2.12. The molecule has 200 valence electrons. The number of hydrogen-bond donors (Lipinski definition) is 0. The van der Waals surface area contributed by atoms with Crippen LogP contribution in [0.4, 0.5) is 4.39 Å². The maximum atomic E-state index is 14.2. The molecule has 0 aliphatic carbocycles. The summed E-state index contributed by atoms with van der Waals surface area (Å²) in [6, 6.07) is 16.3. The van der Waals surface area contributed by atoms with Gasteiger partial charge in [-0.3, -0.25) is 0 Å². The van der Waals surface area contributed by atoms with Crippen molar-refractivity contribution < 1.29 is 9.13 Å². The molecule has 4 heteroatoms. The van der Waals surface area contributed by atoms with Crippen molar-refractivity contribution in [2.24, 2.45) is 0 Å². The molecule has 0 aliphatic rings. The second kappa shape index (κ2) is 16.9. The molecule has 3 aromatic rings. The Kier molecular flexibility index (Phi) is 13.2. The van der Waals surface area contributed by atoms with Gasteiger partial charge in [0, 0.05) is 23.5 Å². The van der Waals surface area contributed by atoms with Crippen LogP contribution in [0, 0.1) is 0 Å². The fraction of sp³-hybridized carbons (Fsp3) is 0.515. The number of aryl methyl sites for hydroxylation is 1. The predicted molar refractivity (Wildman–Crippen MR) is 154 cm³/mol. The zero-order valence-electron chi connectivity index (χ0n) is 22.9. The van der Waals surface area contributed by atoms with Crippen LogP contribution in [0.2, 0.25) is 0 Å². The third kappa shape index (κ3) is 10.6. The molecule has 0 aliphatic heterocycles. The number of hydrogen-bond acceptors (Lipinski definition) is 3. The molecule has 1 aromatic heterocycles. The molecule has 1 atom stereocenters. The maximum absolute atomic E-state index is 14.2. The van der Waals surface area contributed by atoms with Crippen molar-refractivity contribution in [2.45, 2.75) is 103 Å². The van der Waals surface area contributed by atoms with E-state index in [4.69, 9.17) is 4.74 Å². The van der Waals surface area contributed by atoms with Crippen LogP contribution in [0.5, 0.6) is 5.75 Å². The predicted octanol–water partition coefficient (Wildman–Crippen LogP) is 9.79. The van der Waals surface area contributed by atoms with Crippen LogP contribution in [0.3, 0.4) is 0 Å². The number of benzene rings is 2. The van der Waals surface area contributed by atoms with E-state index in [2.05, 4.69) is 48.1 Å². The van der Waals surface area contributed by atoms with E-state index in [1.54, 1.807) is 0 Å². The third-order valence-corrected chi connectivity index (χ3v) is 6.92. The van der Waals surface area contributed by atoms with Gasteiger partial charge in [0.05, 0.1) is 0 Å². The van der Waals surface area contributed by atoms with E-state index in [0.29, 0.717) is 18.0 Å². The van der Waals surface area contributed by atoms with Crippen molar-refractivity contribution >= 4 is 0 Å². The number of alkyl halides is 1. The van der Waals surface area contributed by atoms with Gasteiger partial charge in [0.1, 0.15) is 18.5 Å². The molecule has 1 unspecified atom stereocenters. The second-order valence-electron chi connectivity index (χ2n) is 10.1. The lowest BCUT2D eigenvalue weighted by Gasteiger charge is -2.11. The van der Waals surface area contributed by atoms with Crippen LogP contribution >= 0.6 is 0 Å². The summed E-state index contributed by atoms with van der Waals surface area (Å²) in [5, 5.41) is 0. The number of aromatic nitrogens is 2. The first-order chi connectivity index (χ1) is 18.2. The average molecular weight is 505 g/mol. The number of unbranched alkanes of at least 4 members (excludes halogenated alkanes) is 9. The largest absolute Gasteiger partial charge is 0.491 e. The molecule has 3 rings (SSSR count). The lowest BCUT2D eigenvalue weighted by molar-refractivity contribution is 0.184. The summed E-state index contributed by atoms with van der Waals surface area (Å²) in [6.07, 6.45) is 18.1. The molecule has 0 saturated heterocycles. The van der Waals surface area contributed by atoms with Crippen LogP contribution in [0.15, 0.2) is 60.9 Å². The standard InChI is InChI=1S/C33H45FN2O/c1-3-5-7-9-10-11-13-15-31(34)26-37-32-22-20-29(21-23-32)33-35-24-30(25-36-33)28-18-16-27(17-19-28)14-12-8-6-4-2/h16-25,31H,3-15,26H2,1-2H3. The molecular weight excluding hydrogens is 459 g/mol. The summed E-state index contributed by atoms with van der Waals surface area (Å²) < 4.78 is 19.9. The molecule has 0 N–H and O–H groups in total. The Balaban J connectivity index is 1.41. The molecule has 0 saturated carbocycles. The first-order valence-corrected chi connectivity index (χ1v) is 14.5. The average Bonchev–Trinajstić information content (AvgIpc) is 2.94. The molecule has 2 aromatic carbocycles. The maximum Gasteiger partial charge on any atom is 0.159 e. The molecule has 0 radical (unpaired) electrons. The lowest BCUT2D eigenvalue weighted by atomic mass is 10.0. The highest BCUT2D eigenvalue weighted by molar-refractivity contribution is 5.64. The van der Waals surface area contributed by atoms with Gasteiger partial charge < -0.3 is 4.74 Å². The van der Waals surface area contributed by atoms with E-state index in [9.17, 15) is 4.39 Å². The van der Waals surface area contributed by atoms with Gasteiger partial charge in [-0.2, -0.15) is 0 Å². The van der Waals surface area contributed by atoms with E-state index in [-0.39, 0.29) is 6.61 Å². The van der Waals surface area contributed by atoms with Gasteiger partial charge in [-0.25, -0.2) is 14.4 Å². The molecular formula is C33H45FN2O. The highest BCUT2D eigenvalue weighted by Crippen LogP contribution is 2.23. The van der Waals surface area contributed by atoms with Crippen molar-refractivity contribution in [2.75, 3.05) is 6.61 Å². The van der Waals surface area contributed by atoms with Crippen LogP contribution in [0.25, 0.3) is 22.5 Å². The van der Waals surface area contributed by atoms with Crippen molar-refractivity contribution in [3.8, 4) is 28.3 Å². The monoisotopic (exact) mass is 504 g/mol. The zero-order chi connectivity index (χ0) is 26.1. The molecule has 0 spiro atoms. The highest BCUT2D eigenvalue weighted by Gasteiger charge is 2.09. The van der Waals surface area contributed by atoms with E-state index >= 15 is 0 Å². The smallest absolute Gasteiger partial charge is 0.159 e. The summed E-state index contributed by atoms with van der Waals surface area (Å²) in [4.78, 5) is 9.15. The van der Waals surface area contributed by atoms with Gasteiger partial charge in [-0.15, -0.1) is 0 Å². The van der Waals surface area contributed by atoms with Crippen molar-refractivity contribution in [3.05, 3.63) is 66.5 Å². The summed E-state index contributed by atoms with van der Waals surface area (Å²) in [6.45, 7) is 4.58. The van der Waals surface area contributed by atoms with Gasteiger partial charge in [-0.05, 0) is 54.7 Å². The third-order valence-electron chi connectivity index (χ3n) is 6.92. The second-order valence-corrected chi connectivity index (χ2v) is 10.1. The molecule has 37 heavy (non-hydrogen) atoms. The number of halogens is 1. The summed E-state index contributed by atoms with van der Waals surface area (Å²) in [5.41, 5.74) is 4.44. The zero-order valence-corrected chi connectivity index (χ0v) is 22.9. The normalized spacial score (nSPS) is 12.0. The first kappa shape index (κ1) is 28.8. The van der Waals surface area contributed by atoms with Crippen molar-refractivity contribution in [1.29, 1.82) is 0 Å². The van der Waals surface area contributed by atoms with Crippen LogP contribution in [0.1, 0.15) is 96.5 Å². The van der Waals surface area contributed by atoms with Crippen LogP contribution in [-0.2, 0) is 6.42 Å². The summed E-state index contributed by atoms with van der Waals surface area (Å²) in [7, 11) is 0. The Bertz CT molecular complexity index is 986. The minimum absolute atomic E-state index is 0.109. The van der Waals surface area contributed by atoms with Crippen LogP contribution < -0.4 is 4.74 Å². The number of rotatable bonds is 18. The fourth-order valence-corrected chi connectivity index (χ4v) is 4.54. The first-order valence-electron chi connectivity index (χ1n) is 14.5. The van der Waals surface area contributed by atoms with E-state index in [1.807, 2.05) is 36.7 Å². The number of nitrogens with zero attached hydrogens (tertiary/aromatic N) is 2. The van der Waals surface area contributed by atoms with E-state index < -0.39 is 6.17 Å². The summed E-state index contributed by atoms with van der Waals surface area (Å²) >= 11 is 0. The van der Waals surface area contributed by atoms with E-state index in [0.717, 1.165) is 36.0 Å². The molecule has 1 heterocycles. The SMILES string of the molecule is CCCCCCCCCC(F)COc1ccc(-c2ncc(-c3ccc(CCCCCC)cc3)cn2)cc1. The topological polar surface area (TPSA) is 35.0 Å². The minimum atomic E-state index is -0.915. The van der Waals surface area contributed by atoms with Gasteiger partial charge in [0.2, 0.25) is 0 Å². The van der Waals surface area contributed by atoms with Crippen molar-refractivity contribution in [1.82, 2.24) is 9.97 Å². The van der Waals surface area contributed by atoms with Gasteiger partial charge in [0.25, 0.3) is 0 Å². The minimum Gasteiger partial charge on any atom is -0.491 e. The molecule has 0 bridgehead atoms. The summed E-state index contributed by atoms with van der Waals surface area (Å²) in [5.74, 6) is 1.35. The molecule has 0 fully saturated rings. The Morgan fingerprint density at radius 3 is 1.86 bits per heavy atom. The van der Waals surface area contributed by atoms with Gasteiger partial charge >= 0.3 is 0 Å². The molecule has 3 nitrogen and oxygen atoms in total. The van der Waals surface area contributed by atoms with Crippen LogP contribution in [-0.4, -0.2) is 22.7 Å². The Morgan fingerprint density at radius 1 is 0.649 bits per heavy atom. The highest BCUT2D eigenvalue weighted by atomic mass is 19.1. The van der Waals surface area contributed by atoms with Gasteiger partial charge in [-0.1, -0.05) is 102 Å². The Labute approximate surface area is 223 Å². The van der Waals surface area contributed by atoms with Crippen molar-refractivity contribution in [3.63, 3.8) is 0 Å². The quantitative estimate of drug-likeness (QED) is 0.162. The van der Waals surface area contributed by atoms with E-state index in [1.165, 1.54) is 63.4 Å². The Hall–Kier alpha value is -2.75. The Morgan fingerprint density at radius 2 is 1.22 bits per heavy atom. The fourth-order valence-electron chi connectivity index (χ4n) is 4.54. The number of ether oxygens (including phenoxy) is 1. The van der Waals surface area contributed by atoms with Gasteiger partial charge in [0.15, 0.2) is 5.82 Å². The molecule has 0 amide bonds.